The minimum atomic E-state index is -0.229. The molecule has 0 bridgehead atoms. The number of fused-ring (bicyclic) bond motifs is 1. The molecule has 1 aliphatic rings. The van der Waals surface area contributed by atoms with Crippen molar-refractivity contribution in [1.29, 1.82) is 0 Å². The smallest absolute Gasteiger partial charge is 0.291 e. The first kappa shape index (κ1) is 18.0. The highest BCUT2D eigenvalue weighted by Gasteiger charge is 2.28. The number of hydrogen-bond acceptors (Lipinski definition) is 5. The number of carbonyl (C=O) groups is 1. The number of methoxy groups -OCH3 is 1. The van der Waals surface area contributed by atoms with E-state index in [-0.39, 0.29) is 17.4 Å². The van der Waals surface area contributed by atoms with E-state index in [1.165, 1.54) is 0 Å². The Balaban J connectivity index is 1.52. The number of hydrogen-bond donors (Lipinski definition) is 2. The number of benzene rings is 2. The fourth-order valence-electron chi connectivity index (χ4n) is 3.56. The van der Waals surface area contributed by atoms with Gasteiger partial charge in [0.15, 0.2) is 5.82 Å². The SMILES string of the molecule is COc1cccc(NC(=O)[C@H]2CCCN(c3nc4ccccc4[nH]c3=O)C2)c1. The van der Waals surface area contributed by atoms with E-state index in [0.717, 1.165) is 18.4 Å². The molecule has 1 aromatic heterocycles. The van der Waals surface area contributed by atoms with Crippen molar-refractivity contribution in [2.45, 2.75) is 12.8 Å². The van der Waals surface area contributed by atoms with Gasteiger partial charge >= 0.3 is 0 Å². The summed E-state index contributed by atoms with van der Waals surface area (Å²) in [6.45, 7) is 1.17. The van der Waals surface area contributed by atoms with Crippen molar-refractivity contribution in [2.24, 2.45) is 5.92 Å². The molecule has 0 aliphatic carbocycles. The Morgan fingerprint density at radius 2 is 2.11 bits per heavy atom. The summed E-state index contributed by atoms with van der Waals surface area (Å²) in [6, 6.07) is 14.7. The lowest BCUT2D eigenvalue weighted by Crippen LogP contribution is -2.43. The van der Waals surface area contributed by atoms with Crippen molar-refractivity contribution in [3.63, 3.8) is 0 Å². The number of aromatic amines is 1. The molecule has 1 amide bonds. The van der Waals surface area contributed by atoms with Crippen molar-refractivity contribution in [3.8, 4) is 5.75 Å². The van der Waals surface area contributed by atoms with Gasteiger partial charge in [0, 0.05) is 24.8 Å². The van der Waals surface area contributed by atoms with Crippen LogP contribution in [0.5, 0.6) is 5.75 Å². The molecule has 3 aromatic rings. The number of H-pyrrole nitrogens is 1. The predicted octanol–water partition coefficient (Wildman–Crippen LogP) is 2.79. The van der Waals surface area contributed by atoms with Crippen molar-refractivity contribution in [2.75, 3.05) is 30.4 Å². The highest BCUT2D eigenvalue weighted by molar-refractivity contribution is 5.93. The third-order valence-corrected chi connectivity index (χ3v) is 5.01. The number of carbonyl (C=O) groups excluding carboxylic acids is 1. The molecule has 0 saturated carbocycles. The highest BCUT2D eigenvalue weighted by Crippen LogP contribution is 2.23. The standard InChI is InChI=1S/C21H22N4O3/c1-28-16-8-4-7-15(12-16)22-20(26)14-6-5-11-25(13-14)19-21(27)24-18-10-3-2-9-17(18)23-19/h2-4,7-10,12,14H,5-6,11,13H2,1H3,(H,22,26)(H,24,27)/t14-/m0/s1. The van der Waals surface area contributed by atoms with Crippen LogP contribution in [0.4, 0.5) is 11.5 Å². The zero-order valence-electron chi connectivity index (χ0n) is 15.6. The van der Waals surface area contributed by atoms with E-state index in [0.29, 0.717) is 35.9 Å². The van der Waals surface area contributed by atoms with Crippen LogP contribution in [0.1, 0.15) is 12.8 Å². The summed E-state index contributed by atoms with van der Waals surface area (Å²) in [7, 11) is 1.59. The molecule has 1 aliphatic heterocycles. The van der Waals surface area contributed by atoms with Crippen molar-refractivity contribution < 1.29 is 9.53 Å². The quantitative estimate of drug-likeness (QED) is 0.729. The third kappa shape index (κ3) is 3.69. The van der Waals surface area contributed by atoms with Gasteiger partial charge in [0.2, 0.25) is 5.91 Å². The molecule has 28 heavy (non-hydrogen) atoms. The minimum absolute atomic E-state index is 0.0600. The van der Waals surface area contributed by atoms with E-state index < -0.39 is 0 Å². The normalized spacial score (nSPS) is 16.8. The molecule has 144 valence electrons. The maximum Gasteiger partial charge on any atom is 0.291 e. The summed E-state index contributed by atoms with van der Waals surface area (Å²) in [5.74, 6) is 0.787. The molecule has 2 aromatic carbocycles. The molecule has 2 N–H and O–H groups in total. The number of aromatic nitrogens is 2. The molecule has 4 rings (SSSR count). The zero-order valence-corrected chi connectivity index (χ0v) is 15.6. The van der Waals surface area contributed by atoms with Gasteiger partial charge in [-0.05, 0) is 37.1 Å². The molecule has 1 atom stereocenters. The second kappa shape index (κ2) is 7.72. The lowest BCUT2D eigenvalue weighted by atomic mass is 9.97. The second-order valence-corrected chi connectivity index (χ2v) is 6.91. The van der Waals surface area contributed by atoms with Gasteiger partial charge in [0.05, 0.1) is 24.1 Å². The monoisotopic (exact) mass is 378 g/mol. The number of rotatable bonds is 4. The Bertz CT molecular complexity index is 1060. The van der Waals surface area contributed by atoms with Crippen LogP contribution < -0.4 is 20.5 Å². The molecule has 0 spiro atoms. The molecule has 7 heteroatoms. The molecule has 1 fully saturated rings. The summed E-state index contributed by atoms with van der Waals surface area (Å²) in [4.78, 5) is 34.6. The first-order valence-electron chi connectivity index (χ1n) is 9.33. The second-order valence-electron chi connectivity index (χ2n) is 6.91. The summed E-state index contributed by atoms with van der Waals surface area (Å²) in [5, 5.41) is 2.95. The van der Waals surface area contributed by atoms with E-state index in [2.05, 4.69) is 15.3 Å². The largest absolute Gasteiger partial charge is 0.497 e. The summed E-state index contributed by atoms with van der Waals surface area (Å²) < 4.78 is 5.20. The predicted molar refractivity (Wildman–Crippen MR) is 109 cm³/mol. The van der Waals surface area contributed by atoms with Gasteiger partial charge in [-0.25, -0.2) is 4.98 Å². The number of nitrogens with zero attached hydrogens (tertiary/aromatic N) is 2. The minimum Gasteiger partial charge on any atom is -0.497 e. The maximum absolute atomic E-state index is 12.8. The Kier molecular flexibility index (Phi) is 4.97. The van der Waals surface area contributed by atoms with Crippen LogP contribution in [0, 0.1) is 5.92 Å². The lowest BCUT2D eigenvalue weighted by molar-refractivity contribution is -0.120. The molecule has 7 nitrogen and oxygen atoms in total. The van der Waals surface area contributed by atoms with E-state index in [1.54, 1.807) is 13.2 Å². The van der Waals surface area contributed by atoms with Gasteiger partial charge in [0.25, 0.3) is 5.56 Å². The summed E-state index contributed by atoms with van der Waals surface area (Å²) >= 11 is 0. The van der Waals surface area contributed by atoms with Crippen LogP contribution in [-0.2, 0) is 4.79 Å². The molecule has 2 heterocycles. The van der Waals surface area contributed by atoms with Gasteiger partial charge in [-0.3, -0.25) is 9.59 Å². The maximum atomic E-state index is 12.8. The van der Waals surface area contributed by atoms with Crippen LogP contribution in [0.2, 0.25) is 0 Å². The fraction of sp³-hybridized carbons (Fsp3) is 0.286. The average Bonchev–Trinajstić information content (AvgIpc) is 2.73. The van der Waals surface area contributed by atoms with E-state index in [1.807, 2.05) is 47.4 Å². The molecular formula is C21H22N4O3. The van der Waals surface area contributed by atoms with Crippen LogP contribution in [0.3, 0.4) is 0 Å². The first-order valence-corrected chi connectivity index (χ1v) is 9.33. The number of para-hydroxylation sites is 2. The van der Waals surface area contributed by atoms with Crippen LogP contribution >= 0.6 is 0 Å². The Morgan fingerprint density at radius 3 is 2.96 bits per heavy atom. The highest BCUT2D eigenvalue weighted by atomic mass is 16.5. The summed E-state index contributed by atoms with van der Waals surface area (Å²) in [5.41, 5.74) is 1.91. The van der Waals surface area contributed by atoms with Gasteiger partial charge < -0.3 is 19.9 Å². The van der Waals surface area contributed by atoms with Crippen LogP contribution in [0.25, 0.3) is 11.0 Å². The van der Waals surface area contributed by atoms with Crippen molar-refractivity contribution in [3.05, 3.63) is 58.9 Å². The first-order chi connectivity index (χ1) is 13.6. The summed E-state index contributed by atoms with van der Waals surface area (Å²) in [6.07, 6.45) is 1.60. The zero-order chi connectivity index (χ0) is 19.5. The van der Waals surface area contributed by atoms with Gasteiger partial charge in [-0.15, -0.1) is 0 Å². The van der Waals surface area contributed by atoms with E-state index in [4.69, 9.17) is 4.74 Å². The lowest BCUT2D eigenvalue weighted by Gasteiger charge is -2.32. The Labute approximate surface area is 162 Å². The van der Waals surface area contributed by atoms with E-state index >= 15 is 0 Å². The number of amides is 1. The number of anilines is 2. The van der Waals surface area contributed by atoms with Gasteiger partial charge in [0.1, 0.15) is 5.75 Å². The van der Waals surface area contributed by atoms with E-state index in [9.17, 15) is 9.59 Å². The number of nitrogens with one attached hydrogen (secondary N) is 2. The number of ether oxygens (including phenoxy) is 1. The average molecular weight is 378 g/mol. The Hall–Kier alpha value is -3.35. The number of piperidine rings is 1. The topological polar surface area (TPSA) is 87.3 Å². The van der Waals surface area contributed by atoms with Gasteiger partial charge in [-0.2, -0.15) is 0 Å². The van der Waals surface area contributed by atoms with Crippen molar-refractivity contribution >= 4 is 28.4 Å². The van der Waals surface area contributed by atoms with Crippen molar-refractivity contribution in [1.82, 2.24) is 9.97 Å². The molecule has 0 unspecified atom stereocenters. The molecular weight excluding hydrogens is 356 g/mol. The fourth-order valence-corrected chi connectivity index (χ4v) is 3.56. The molecule has 0 radical (unpaired) electrons. The third-order valence-electron chi connectivity index (χ3n) is 5.01. The van der Waals surface area contributed by atoms with Crippen LogP contribution in [-0.4, -0.2) is 36.1 Å². The van der Waals surface area contributed by atoms with Gasteiger partial charge in [-0.1, -0.05) is 18.2 Å². The van der Waals surface area contributed by atoms with Crippen LogP contribution in [0.15, 0.2) is 53.3 Å². The molecule has 1 saturated heterocycles. The Morgan fingerprint density at radius 1 is 1.25 bits per heavy atom.